The summed E-state index contributed by atoms with van der Waals surface area (Å²) < 4.78 is 4.75. The highest BCUT2D eigenvalue weighted by Crippen LogP contribution is 2.30. The summed E-state index contributed by atoms with van der Waals surface area (Å²) in [7, 11) is 4.12. The van der Waals surface area contributed by atoms with Crippen molar-refractivity contribution < 1.29 is 0 Å². The summed E-state index contributed by atoms with van der Waals surface area (Å²) in [6, 6.07) is 23.2. The molecule has 0 saturated carbocycles. The highest BCUT2D eigenvalue weighted by molar-refractivity contribution is 8.76. The van der Waals surface area contributed by atoms with E-state index in [4.69, 9.17) is 15.0 Å². The van der Waals surface area contributed by atoms with Crippen molar-refractivity contribution in [3.8, 4) is 23.0 Å². The van der Waals surface area contributed by atoms with E-state index in [9.17, 15) is 0 Å². The first-order valence-electron chi connectivity index (χ1n) is 14.0. The van der Waals surface area contributed by atoms with Gasteiger partial charge in [0.15, 0.2) is 11.6 Å². The van der Waals surface area contributed by atoms with Crippen molar-refractivity contribution in [1.29, 1.82) is 0 Å². The van der Waals surface area contributed by atoms with Crippen molar-refractivity contribution in [2.75, 3.05) is 11.5 Å². The molecule has 3 aromatic heterocycles. The third-order valence-corrected chi connectivity index (χ3v) is 9.90. The fraction of sp³-hybridized carbons (Fsp3) is 0.387. The lowest BCUT2D eigenvalue weighted by molar-refractivity contribution is 0.595. The minimum Gasteiger partial charge on any atom is -0.323 e. The molecule has 1 aliphatic heterocycles. The first-order valence-corrected chi connectivity index (χ1v) is 16.5. The molecular formula is C31H35N5S2. The lowest BCUT2D eigenvalue weighted by Crippen LogP contribution is -2.04. The quantitative estimate of drug-likeness (QED) is 0.184. The first kappa shape index (κ1) is 25.5. The second kappa shape index (κ2) is 12.4. The standard InChI is InChI=1S/C31H35N5S2/c1-3-11-22-37-38-23-12-4-2-10-21-36-29-19-8-6-15-25(29)34-31(36)27-17-13-16-26(32-27)30-33-24-14-5-7-18-28(24)35(30)20-9-1/h5-8,13-19H,1-4,9-12,20-23H2. The summed E-state index contributed by atoms with van der Waals surface area (Å²) in [4.78, 5) is 15.3. The number of hydrogen-bond acceptors (Lipinski definition) is 5. The zero-order chi connectivity index (χ0) is 25.6. The minimum absolute atomic E-state index is 0.914. The lowest BCUT2D eigenvalue weighted by atomic mass is 10.2. The van der Waals surface area contributed by atoms with E-state index < -0.39 is 0 Å². The summed E-state index contributed by atoms with van der Waals surface area (Å²) >= 11 is 0. The molecule has 0 saturated heterocycles. The van der Waals surface area contributed by atoms with Crippen molar-refractivity contribution in [3.63, 3.8) is 0 Å². The van der Waals surface area contributed by atoms with Crippen LogP contribution >= 0.6 is 21.6 Å². The van der Waals surface area contributed by atoms with Crippen molar-refractivity contribution in [2.45, 2.75) is 64.5 Å². The second-order valence-corrected chi connectivity index (χ2v) is 12.7. The van der Waals surface area contributed by atoms with Gasteiger partial charge in [0.1, 0.15) is 11.4 Å². The number of benzene rings is 2. The summed E-state index contributed by atoms with van der Waals surface area (Å²) in [5.41, 5.74) is 6.27. The predicted molar refractivity (Wildman–Crippen MR) is 164 cm³/mol. The molecular weight excluding hydrogens is 507 g/mol. The van der Waals surface area contributed by atoms with E-state index in [1.165, 1.54) is 61.1 Å². The van der Waals surface area contributed by atoms with Gasteiger partial charge in [-0.05, 0) is 62.1 Å². The normalized spacial score (nSPS) is 16.5. The number of aryl methyl sites for hydroxylation is 2. The molecule has 2 bridgehead atoms. The van der Waals surface area contributed by atoms with E-state index in [-0.39, 0.29) is 0 Å². The van der Waals surface area contributed by atoms with E-state index in [0.29, 0.717) is 0 Å². The van der Waals surface area contributed by atoms with Crippen LogP contribution in [-0.2, 0) is 13.1 Å². The minimum atomic E-state index is 0.914. The SMILES string of the molecule is c1cc2nc(c1)-c1nc3ccccc3n1CCCCCCSSCCCCCCn1c-2nc2ccccc21. The fourth-order valence-corrected chi connectivity index (χ4v) is 7.66. The molecule has 0 unspecified atom stereocenters. The van der Waals surface area contributed by atoms with Gasteiger partial charge in [0.25, 0.3) is 0 Å². The van der Waals surface area contributed by atoms with Crippen LogP contribution in [0.15, 0.2) is 66.7 Å². The van der Waals surface area contributed by atoms with Crippen molar-refractivity contribution in [2.24, 2.45) is 0 Å². The van der Waals surface area contributed by atoms with Crippen LogP contribution in [0.5, 0.6) is 0 Å². The molecule has 5 aromatic rings. The summed E-state index contributed by atoms with van der Waals surface area (Å²) in [5, 5.41) is 0. The van der Waals surface area contributed by atoms with E-state index in [1.54, 1.807) is 0 Å². The third kappa shape index (κ3) is 5.64. The maximum Gasteiger partial charge on any atom is 0.159 e. The largest absolute Gasteiger partial charge is 0.323 e. The van der Waals surface area contributed by atoms with Gasteiger partial charge in [-0.25, -0.2) is 15.0 Å². The van der Waals surface area contributed by atoms with Gasteiger partial charge in [0, 0.05) is 24.6 Å². The van der Waals surface area contributed by atoms with Gasteiger partial charge in [0.2, 0.25) is 0 Å². The Hall–Kier alpha value is -2.77. The number of fused-ring (bicyclic) bond motifs is 10. The number of nitrogens with zero attached hydrogens (tertiary/aromatic N) is 5. The van der Waals surface area contributed by atoms with Crippen molar-refractivity contribution in [3.05, 3.63) is 66.7 Å². The third-order valence-electron chi connectivity index (χ3n) is 7.32. The zero-order valence-electron chi connectivity index (χ0n) is 21.9. The molecule has 1 aliphatic rings. The Morgan fingerprint density at radius 1 is 0.474 bits per heavy atom. The van der Waals surface area contributed by atoms with Crippen LogP contribution in [-0.4, -0.2) is 35.6 Å². The van der Waals surface area contributed by atoms with Crippen LogP contribution < -0.4 is 0 Å². The Kier molecular flexibility index (Phi) is 8.32. The van der Waals surface area contributed by atoms with Crippen molar-refractivity contribution >= 4 is 43.7 Å². The van der Waals surface area contributed by atoms with Gasteiger partial charge in [0.05, 0.1) is 22.1 Å². The first-order chi connectivity index (χ1) is 18.9. The average Bonchev–Trinajstić information content (AvgIpc) is 3.51. The Labute approximate surface area is 232 Å². The van der Waals surface area contributed by atoms with Gasteiger partial charge < -0.3 is 9.13 Å². The summed E-state index contributed by atoms with van der Waals surface area (Å²) in [6.07, 6.45) is 9.99. The molecule has 196 valence electrons. The predicted octanol–water partition coefficient (Wildman–Crippen LogP) is 8.63. The van der Waals surface area contributed by atoms with Crippen LogP contribution in [0.2, 0.25) is 0 Å². The topological polar surface area (TPSA) is 48.5 Å². The Bertz CT molecular complexity index is 1400. The highest BCUT2D eigenvalue weighted by atomic mass is 33.1. The molecule has 0 aliphatic carbocycles. The van der Waals surface area contributed by atoms with E-state index in [0.717, 1.165) is 60.0 Å². The molecule has 7 heteroatoms. The van der Waals surface area contributed by atoms with E-state index in [2.05, 4.69) is 97.5 Å². The molecule has 0 radical (unpaired) electrons. The van der Waals surface area contributed by atoms with Gasteiger partial charge in [-0.15, -0.1) is 0 Å². The monoisotopic (exact) mass is 541 g/mol. The van der Waals surface area contributed by atoms with Crippen LogP contribution in [0.1, 0.15) is 51.4 Å². The number of pyridine rings is 1. The number of imidazole rings is 2. The molecule has 0 atom stereocenters. The molecule has 0 N–H and O–H groups in total. The molecule has 0 fully saturated rings. The number of para-hydroxylation sites is 4. The Morgan fingerprint density at radius 3 is 1.47 bits per heavy atom. The molecule has 38 heavy (non-hydrogen) atoms. The van der Waals surface area contributed by atoms with E-state index >= 15 is 0 Å². The summed E-state index contributed by atoms with van der Waals surface area (Å²) in [6.45, 7) is 1.92. The van der Waals surface area contributed by atoms with Crippen LogP contribution in [0, 0.1) is 0 Å². The van der Waals surface area contributed by atoms with Gasteiger partial charge >= 0.3 is 0 Å². The average molecular weight is 542 g/mol. The van der Waals surface area contributed by atoms with Gasteiger partial charge in [-0.1, -0.05) is 77.6 Å². The van der Waals surface area contributed by atoms with Gasteiger partial charge in [-0.2, -0.15) is 0 Å². The lowest BCUT2D eigenvalue weighted by Gasteiger charge is -2.11. The van der Waals surface area contributed by atoms with Crippen molar-refractivity contribution in [1.82, 2.24) is 24.1 Å². The Morgan fingerprint density at radius 2 is 0.947 bits per heavy atom. The van der Waals surface area contributed by atoms with E-state index in [1.807, 2.05) is 0 Å². The van der Waals surface area contributed by atoms with Gasteiger partial charge in [-0.3, -0.25) is 0 Å². The molecule has 6 rings (SSSR count). The number of aromatic nitrogens is 5. The molecule has 0 amide bonds. The zero-order valence-corrected chi connectivity index (χ0v) is 23.5. The maximum absolute atomic E-state index is 5.18. The molecule has 4 heterocycles. The molecule has 5 nitrogen and oxygen atoms in total. The molecule has 0 spiro atoms. The molecule has 2 aromatic carbocycles. The summed E-state index contributed by atoms with van der Waals surface area (Å²) in [5.74, 6) is 4.43. The number of rotatable bonds is 0. The highest BCUT2D eigenvalue weighted by Gasteiger charge is 2.17. The maximum atomic E-state index is 5.18. The fourth-order valence-electron chi connectivity index (χ4n) is 5.37. The second-order valence-electron chi connectivity index (χ2n) is 10.0. The number of hydrogen-bond donors (Lipinski definition) is 0. The smallest absolute Gasteiger partial charge is 0.159 e. The Balaban J connectivity index is 1.39. The van der Waals surface area contributed by atoms with Crippen LogP contribution in [0.25, 0.3) is 45.1 Å². The van der Waals surface area contributed by atoms with Crippen LogP contribution in [0.4, 0.5) is 0 Å². The van der Waals surface area contributed by atoms with Crippen LogP contribution in [0.3, 0.4) is 0 Å².